The zero-order valence-electron chi connectivity index (χ0n) is 12.3. The number of rotatable bonds is 9. The summed E-state index contributed by atoms with van der Waals surface area (Å²) in [6, 6.07) is 3.52. The van der Waals surface area contributed by atoms with Crippen LogP contribution in [0.2, 0.25) is 0 Å². The fourth-order valence-corrected chi connectivity index (χ4v) is 2.08. The number of hydrogen-bond acceptors (Lipinski definition) is 2. The van der Waals surface area contributed by atoms with E-state index in [1.807, 2.05) is 4.90 Å². The lowest BCUT2D eigenvalue weighted by molar-refractivity contribution is 0.0920. The van der Waals surface area contributed by atoms with Crippen molar-refractivity contribution >= 4 is 5.78 Å². The fourth-order valence-electron chi connectivity index (χ4n) is 2.08. The Hall–Kier alpha value is -1.29. The van der Waals surface area contributed by atoms with Gasteiger partial charge in [0.05, 0.1) is 12.1 Å². The van der Waals surface area contributed by atoms with E-state index < -0.39 is 23.0 Å². The Morgan fingerprint density at radius 3 is 2.00 bits per heavy atom. The average molecular weight is 283 g/mol. The van der Waals surface area contributed by atoms with Gasteiger partial charge in [0.25, 0.3) is 0 Å². The first-order valence-electron chi connectivity index (χ1n) is 7.29. The van der Waals surface area contributed by atoms with Crippen LogP contribution in [0.15, 0.2) is 18.2 Å². The maximum atomic E-state index is 13.6. The second-order valence-corrected chi connectivity index (χ2v) is 5.00. The molecule has 112 valence electrons. The third kappa shape index (κ3) is 5.00. The number of benzene rings is 1. The van der Waals surface area contributed by atoms with E-state index in [-0.39, 0.29) is 6.54 Å². The van der Waals surface area contributed by atoms with Gasteiger partial charge < -0.3 is 0 Å². The van der Waals surface area contributed by atoms with Crippen molar-refractivity contribution in [3.63, 3.8) is 0 Å². The Kier molecular flexibility index (Phi) is 7.37. The first-order chi connectivity index (χ1) is 9.60. The van der Waals surface area contributed by atoms with Crippen molar-refractivity contribution < 1.29 is 13.6 Å². The lowest BCUT2D eigenvalue weighted by Gasteiger charge is -2.21. The monoisotopic (exact) mass is 283 g/mol. The minimum Gasteiger partial charge on any atom is -0.296 e. The molecule has 0 atom stereocenters. The summed E-state index contributed by atoms with van der Waals surface area (Å²) in [7, 11) is 0. The molecule has 0 aromatic heterocycles. The van der Waals surface area contributed by atoms with Crippen LogP contribution < -0.4 is 0 Å². The Balaban J connectivity index is 2.73. The van der Waals surface area contributed by atoms with Crippen molar-refractivity contribution in [3.05, 3.63) is 35.4 Å². The molecule has 0 amide bonds. The van der Waals surface area contributed by atoms with Crippen LogP contribution in [0.1, 0.15) is 49.9 Å². The van der Waals surface area contributed by atoms with E-state index in [4.69, 9.17) is 0 Å². The van der Waals surface area contributed by atoms with Gasteiger partial charge in [-0.25, -0.2) is 8.78 Å². The minimum atomic E-state index is -0.777. The molecule has 0 bridgehead atoms. The van der Waals surface area contributed by atoms with Crippen molar-refractivity contribution in [2.45, 2.75) is 39.5 Å². The van der Waals surface area contributed by atoms with Crippen LogP contribution in [0.3, 0.4) is 0 Å². The lowest BCUT2D eigenvalue weighted by Crippen LogP contribution is -2.32. The van der Waals surface area contributed by atoms with Crippen LogP contribution >= 0.6 is 0 Å². The van der Waals surface area contributed by atoms with Gasteiger partial charge >= 0.3 is 0 Å². The Morgan fingerprint density at radius 2 is 1.55 bits per heavy atom. The van der Waals surface area contributed by atoms with Gasteiger partial charge in [-0.3, -0.25) is 9.69 Å². The van der Waals surface area contributed by atoms with E-state index in [9.17, 15) is 13.6 Å². The molecule has 1 rings (SSSR count). The molecule has 4 heteroatoms. The number of ketones is 1. The van der Waals surface area contributed by atoms with Crippen LogP contribution in [0.5, 0.6) is 0 Å². The first kappa shape index (κ1) is 16.8. The molecule has 0 heterocycles. The van der Waals surface area contributed by atoms with Crippen molar-refractivity contribution in [3.8, 4) is 0 Å². The standard InChI is InChI=1S/C16H23F2NO/c1-3-5-10-19(11-6-4-2)12-15(20)16-13(17)8-7-9-14(16)18/h7-9H,3-6,10-12H2,1-2H3. The lowest BCUT2D eigenvalue weighted by atomic mass is 10.1. The molecule has 0 unspecified atom stereocenters. The molecule has 0 saturated heterocycles. The highest BCUT2D eigenvalue weighted by Gasteiger charge is 2.19. The molecule has 0 N–H and O–H groups in total. The number of hydrogen-bond donors (Lipinski definition) is 0. The summed E-state index contributed by atoms with van der Waals surface area (Å²) < 4.78 is 27.2. The van der Waals surface area contributed by atoms with Gasteiger partial charge in [0, 0.05) is 0 Å². The maximum Gasteiger partial charge on any atom is 0.182 e. The van der Waals surface area contributed by atoms with Gasteiger partial charge in [-0.15, -0.1) is 0 Å². The van der Waals surface area contributed by atoms with Crippen molar-refractivity contribution in [1.29, 1.82) is 0 Å². The van der Waals surface area contributed by atoms with Crippen molar-refractivity contribution in [2.24, 2.45) is 0 Å². The summed E-state index contributed by atoms with van der Waals surface area (Å²) in [5.41, 5.74) is -0.412. The van der Waals surface area contributed by atoms with E-state index in [1.165, 1.54) is 6.07 Å². The molecular formula is C16H23F2NO. The number of Topliss-reactive ketones (excluding diaryl/α,β-unsaturated/α-hetero) is 1. The number of carbonyl (C=O) groups excluding carboxylic acids is 1. The molecule has 1 aromatic rings. The molecule has 2 nitrogen and oxygen atoms in total. The second kappa shape index (κ2) is 8.80. The van der Waals surface area contributed by atoms with E-state index in [0.29, 0.717) is 0 Å². The number of unbranched alkanes of at least 4 members (excludes halogenated alkanes) is 2. The molecule has 20 heavy (non-hydrogen) atoms. The summed E-state index contributed by atoms with van der Waals surface area (Å²) in [5.74, 6) is -2.03. The topological polar surface area (TPSA) is 20.3 Å². The highest BCUT2D eigenvalue weighted by Crippen LogP contribution is 2.14. The van der Waals surface area contributed by atoms with E-state index in [0.717, 1.165) is 50.9 Å². The summed E-state index contributed by atoms with van der Waals surface area (Å²) in [5, 5.41) is 0. The summed E-state index contributed by atoms with van der Waals surface area (Å²) in [4.78, 5) is 14.1. The molecule has 0 radical (unpaired) electrons. The number of carbonyl (C=O) groups is 1. The fraction of sp³-hybridized carbons (Fsp3) is 0.562. The summed E-state index contributed by atoms with van der Waals surface area (Å²) in [6.45, 7) is 5.82. The molecule has 0 aliphatic rings. The predicted octanol–water partition coefficient (Wildman–Crippen LogP) is 4.05. The van der Waals surface area contributed by atoms with Gasteiger partial charge in [-0.1, -0.05) is 32.8 Å². The van der Waals surface area contributed by atoms with Crippen LogP contribution in [0.25, 0.3) is 0 Å². The Morgan fingerprint density at radius 1 is 1.05 bits per heavy atom. The molecule has 0 aliphatic heterocycles. The Labute approximate surface area is 119 Å². The van der Waals surface area contributed by atoms with E-state index in [2.05, 4.69) is 13.8 Å². The largest absolute Gasteiger partial charge is 0.296 e. The first-order valence-corrected chi connectivity index (χ1v) is 7.29. The van der Waals surface area contributed by atoms with E-state index in [1.54, 1.807) is 0 Å². The third-order valence-electron chi connectivity index (χ3n) is 3.26. The minimum absolute atomic E-state index is 0.0812. The van der Waals surface area contributed by atoms with Crippen LogP contribution in [-0.4, -0.2) is 30.3 Å². The molecular weight excluding hydrogens is 260 g/mol. The third-order valence-corrected chi connectivity index (χ3v) is 3.26. The summed E-state index contributed by atoms with van der Waals surface area (Å²) >= 11 is 0. The van der Waals surface area contributed by atoms with Crippen LogP contribution in [-0.2, 0) is 0 Å². The van der Waals surface area contributed by atoms with Gasteiger partial charge in [-0.05, 0) is 38.1 Å². The zero-order chi connectivity index (χ0) is 15.0. The molecule has 1 aromatic carbocycles. The van der Waals surface area contributed by atoms with Crippen LogP contribution in [0.4, 0.5) is 8.78 Å². The van der Waals surface area contributed by atoms with Gasteiger partial charge in [0.15, 0.2) is 5.78 Å². The van der Waals surface area contributed by atoms with E-state index >= 15 is 0 Å². The summed E-state index contributed by atoms with van der Waals surface area (Å²) in [6.07, 6.45) is 4.03. The van der Waals surface area contributed by atoms with Crippen LogP contribution in [0, 0.1) is 11.6 Å². The SMILES string of the molecule is CCCCN(CCCC)CC(=O)c1c(F)cccc1F. The smallest absolute Gasteiger partial charge is 0.182 e. The Bertz CT molecular complexity index is 406. The quantitative estimate of drug-likeness (QED) is 0.637. The maximum absolute atomic E-state index is 13.6. The second-order valence-electron chi connectivity index (χ2n) is 5.00. The number of nitrogens with zero attached hydrogens (tertiary/aromatic N) is 1. The highest BCUT2D eigenvalue weighted by molar-refractivity contribution is 5.98. The molecule has 0 spiro atoms. The van der Waals surface area contributed by atoms with Gasteiger partial charge in [0.1, 0.15) is 11.6 Å². The number of halogens is 2. The van der Waals surface area contributed by atoms with Gasteiger partial charge in [-0.2, -0.15) is 0 Å². The molecule has 0 fully saturated rings. The normalized spacial score (nSPS) is 11.1. The average Bonchev–Trinajstić information content (AvgIpc) is 2.41. The molecule has 0 saturated carbocycles. The van der Waals surface area contributed by atoms with Crippen molar-refractivity contribution in [2.75, 3.05) is 19.6 Å². The zero-order valence-corrected chi connectivity index (χ0v) is 12.3. The predicted molar refractivity (Wildman–Crippen MR) is 76.9 cm³/mol. The van der Waals surface area contributed by atoms with Crippen molar-refractivity contribution in [1.82, 2.24) is 4.90 Å². The van der Waals surface area contributed by atoms with Gasteiger partial charge in [0.2, 0.25) is 0 Å². The highest BCUT2D eigenvalue weighted by atomic mass is 19.1. The molecule has 0 aliphatic carbocycles.